The van der Waals surface area contributed by atoms with Gasteiger partial charge in [-0.1, -0.05) is 6.07 Å². The third kappa shape index (κ3) is 2.34. The van der Waals surface area contributed by atoms with Gasteiger partial charge in [0, 0.05) is 12.5 Å². The maximum absolute atomic E-state index is 14.1. The first kappa shape index (κ1) is 13.3. The van der Waals surface area contributed by atoms with Gasteiger partial charge in [-0.3, -0.25) is 4.57 Å². The zero-order valence-corrected chi connectivity index (χ0v) is 11.4. The van der Waals surface area contributed by atoms with Crippen molar-refractivity contribution in [3.8, 4) is 5.69 Å². The highest BCUT2D eigenvalue weighted by Gasteiger charge is 2.27. The van der Waals surface area contributed by atoms with E-state index in [0.717, 1.165) is 24.3 Å². The maximum Gasteiger partial charge on any atom is 0.147 e. The highest BCUT2D eigenvalue weighted by atomic mass is 19.1. The lowest BCUT2D eigenvalue weighted by Gasteiger charge is -2.19. The first-order valence-electron chi connectivity index (χ1n) is 6.79. The molecule has 1 aliphatic heterocycles. The Labute approximate surface area is 117 Å². The van der Waals surface area contributed by atoms with Gasteiger partial charge in [-0.15, -0.1) is 0 Å². The molecule has 0 spiro atoms. The van der Waals surface area contributed by atoms with Crippen LogP contribution in [0, 0.1) is 18.7 Å². The van der Waals surface area contributed by atoms with Crippen molar-refractivity contribution in [2.45, 2.75) is 19.4 Å². The van der Waals surface area contributed by atoms with E-state index in [1.807, 2.05) is 13.0 Å². The second-order valence-electron chi connectivity index (χ2n) is 5.29. The molecule has 2 atom stereocenters. The zero-order chi connectivity index (χ0) is 14.1. The number of benzene rings is 1. The van der Waals surface area contributed by atoms with E-state index in [2.05, 4.69) is 4.98 Å². The molecule has 4 nitrogen and oxygen atoms in total. The number of hydrogen-bond acceptors (Lipinski definition) is 3. The second kappa shape index (κ2) is 5.34. The van der Waals surface area contributed by atoms with Crippen LogP contribution in [0.25, 0.3) is 5.69 Å². The van der Waals surface area contributed by atoms with Crippen molar-refractivity contribution >= 4 is 0 Å². The minimum Gasteiger partial charge on any atom is -0.381 e. The Hall–Kier alpha value is -1.72. The van der Waals surface area contributed by atoms with Crippen LogP contribution in [0.1, 0.15) is 23.7 Å². The van der Waals surface area contributed by atoms with E-state index in [1.54, 1.807) is 23.2 Å². The number of hydrogen-bond donors (Lipinski definition) is 1. The summed E-state index contributed by atoms with van der Waals surface area (Å²) in [4.78, 5) is 4.13. The molecule has 1 aromatic heterocycles. The Morgan fingerprint density at radius 2 is 2.35 bits per heavy atom. The first-order valence-corrected chi connectivity index (χ1v) is 6.79. The molecular weight excluding hydrogens is 257 g/mol. The van der Waals surface area contributed by atoms with Crippen LogP contribution in [0.2, 0.25) is 0 Å². The lowest BCUT2D eigenvalue weighted by Crippen LogP contribution is -2.24. The minimum atomic E-state index is -0.265. The minimum absolute atomic E-state index is 0.194. The molecule has 1 aliphatic rings. The van der Waals surface area contributed by atoms with Crippen molar-refractivity contribution < 1.29 is 9.13 Å². The quantitative estimate of drug-likeness (QED) is 0.935. The molecule has 0 aliphatic carbocycles. The smallest absolute Gasteiger partial charge is 0.147 e. The number of halogens is 1. The van der Waals surface area contributed by atoms with Crippen LogP contribution in [0.15, 0.2) is 30.7 Å². The molecule has 2 unspecified atom stereocenters. The van der Waals surface area contributed by atoms with Gasteiger partial charge in [-0.05, 0) is 31.0 Å². The summed E-state index contributed by atoms with van der Waals surface area (Å²) in [6.45, 7) is 3.26. The van der Waals surface area contributed by atoms with E-state index in [9.17, 15) is 4.39 Å². The summed E-state index contributed by atoms with van der Waals surface area (Å²) < 4.78 is 21.2. The molecule has 1 fully saturated rings. The van der Waals surface area contributed by atoms with Gasteiger partial charge in [0.25, 0.3) is 0 Å². The number of rotatable bonds is 3. The lowest BCUT2D eigenvalue weighted by atomic mass is 9.97. The molecule has 1 saturated heterocycles. The average molecular weight is 275 g/mol. The molecule has 0 amide bonds. The fraction of sp³-hybridized carbons (Fsp3) is 0.400. The molecule has 20 heavy (non-hydrogen) atoms. The highest BCUT2D eigenvalue weighted by molar-refractivity contribution is 5.38. The number of aryl methyl sites for hydroxylation is 1. The molecule has 2 N–H and O–H groups in total. The summed E-state index contributed by atoms with van der Waals surface area (Å²) in [5.74, 6) is -0.00178. The van der Waals surface area contributed by atoms with Crippen LogP contribution < -0.4 is 5.73 Å². The standard InChI is InChI=1S/C15H18FN3O/c1-10-2-3-13(12(16)6-10)19-9-18-7-14(19)15(17)11-4-5-20-8-11/h2-3,6-7,9,11,15H,4-5,8,17H2,1H3. The van der Waals surface area contributed by atoms with Gasteiger partial charge >= 0.3 is 0 Å². The molecule has 0 bridgehead atoms. The molecule has 0 radical (unpaired) electrons. The zero-order valence-electron chi connectivity index (χ0n) is 11.4. The normalized spacial score (nSPS) is 20.2. The Balaban J connectivity index is 1.97. The number of nitrogens with two attached hydrogens (primary N) is 1. The van der Waals surface area contributed by atoms with Gasteiger partial charge in [0.05, 0.1) is 36.6 Å². The molecule has 0 saturated carbocycles. The van der Waals surface area contributed by atoms with E-state index < -0.39 is 0 Å². The predicted octanol–water partition coefficient (Wildman–Crippen LogP) is 2.36. The summed E-state index contributed by atoms with van der Waals surface area (Å²) in [6, 6.07) is 4.96. The monoisotopic (exact) mass is 275 g/mol. The van der Waals surface area contributed by atoms with Crippen LogP contribution in [0.5, 0.6) is 0 Å². The Bertz CT molecular complexity index is 605. The first-order chi connectivity index (χ1) is 9.66. The van der Waals surface area contributed by atoms with Crippen LogP contribution in [0.3, 0.4) is 0 Å². The van der Waals surface area contributed by atoms with E-state index >= 15 is 0 Å². The molecule has 3 rings (SSSR count). The summed E-state index contributed by atoms with van der Waals surface area (Å²) in [5.41, 5.74) is 8.50. The fourth-order valence-electron chi connectivity index (χ4n) is 2.64. The number of ether oxygens (including phenoxy) is 1. The maximum atomic E-state index is 14.1. The van der Waals surface area contributed by atoms with E-state index in [1.165, 1.54) is 6.07 Å². The largest absolute Gasteiger partial charge is 0.381 e. The third-order valence-electron chi connectivity index (χ3n) is 3.84. The molecule has 5 heteroatoms. The third-order valence-corrected chi connectivity index (χ3v) is 3.84. The SMILES string of the molecule is Cc1ccc(-n2cncc2C(N)C2CCOC2)c(F)c1. The van der Waals surface area contributed by atoms with E-state index in [4.69, 9.17) is 10.5 Å². The van der Waals surface area contributed by atoms with Gasteiger partial charge in [0.2, 0.25) is 0 Å². The summed E-state index contributed by atoms with van der Waals surface area (Å²) >= 11 is 0. The van der Waals surface area contributed by atoms with Crippen molar-refractivity contribution in [1.82, 2.24) is 9.55 Å². The van der Waals surface area contributed by atoms with Crippen molar-refractivity contribution in [1.29, 1.82) is 0 Å². The number of aromatic nitrogens is 2. The topological polar surface area (TPSA) is 53.1 Å². The van der Waals surface area contributed by atoms with Crippen LogP contribution in [-0.4, -0.2) is 22.8 Å². The predicted molar refractivity (Wildman–Crippen MR) is 74.1 cm³/mol. The highest BCUT2D eigenvalue weighted by Crippen LogP contribution is 2.28. The fourth-order valence-corrected chi connectivity index (χ4v) is 2.64. The van der Waals surface area contributed by atoms with Crippen molar-refractivity contribution in [3.05, 3.63) is 47.8 Å². The van der Waals surface area contributed by atoms with Gasteiger partial charge < -0.3 is 10.5 Å². The molecule has 2 aromatic rings. The van der Waals surface area contributed by atoms with Crippen molar-refractivity contribution in [2.24, 2.45) is 11.7 Å². The van der Waals surface area contributed by atoms with Gasteiger partial charge in [0.15, 0.2) is 0 Å². The summed E-state index contributed by atoms with van der Waals surface area (Å²) in [7, 11) is 0. The Kier molecular flexibility index (Phi) is 3.54. The average Bonchev–Trinajstić information content (AvgIpc) is 3.09. The van der Waals surface area contributed by atoms with Crippen molar-refractivity contribution in [2.75, 3.05) is 13.2 Å². The molecular formula is C15H18FN3O. The van der Waals surface area contributed by atoms with E-state index in [-0.39, 0.29) is 17.8 Å². The lowest BCUT2D eigenvalue weighted by molar-refractivity contribution is 0.180. The van der Waals surface area contributed by atoms with Crippen molar-refractivity contribution in [3.63, 3.8) is 0 Å². The Morgan fingerprint density at radius 1 is 1.50 bits per heavy atom. The second-order valence-corrected chi connectivity index (χ2v) is 5.29. The number of nitrogens with zero attached hydrogens (tertiary/aromatic N) is 2. The molecule has 1 aromatic carbocycles. The molecule has 2 heterocycles. The summed E-state index contributed by atoms with van der Waals surface area (Å²) in [6.07, 6.45) is 4.25. The van der Waals surface area contributed by atoms with Crippen LogP contribution in [0.4, 0.5) is 4.39 Å². The van der Waals surface area contributed by atoms with Crippen LogP contribution >= 0.6 is 0 Å². The van der Waals surface area contributed by atoms with Gasteiger partial charge in [-0.25, -0.2) is 9.37 Å². The van der Waals surface area contributed by atoms with E-state index in [0.29, 0.717) is 12.3 Å². The Morgan fingerprint density at radius 3 is 3.05 bits per heavy atom. The van der Waals surface area contributed by atoms with Gasteiger partial charge in [-0.2, -0.15) is 0 Å². The van der Waals surface area contributed by atoms with Crippen LogP contribution in [-0.2, 0) is 4.74 Å². The summed E-state index contributed by atoms with van der Waals surface area (Å²) in [5, 5.41) is 0. The number of imidazole rings is 1. The molecule has 106 valence electrons. The van der Waals surface area contributed by atoms with Gasteiger partial charge in [0.1, 0.15) is 5.82 Å².